The maximum atomic E-state index is 11.6. The predicted molar refractivity (Wildman–Crippen MR) is 52.4 cm³/mol. The third-order valence-electron chi connectivity index (χ3n) is 1.44. The van der Waals surface area contributed by atoms with E-state index < -0.39 is 12.8 Å². The first-order valence-electron chi connectivity index (χ1n) is 4.38. The average molecular weight is 231 g/mol. The molecular weight excluding hydrogens is 215 g/mol. The van der Waals surface area contributed by atoms with E-state index in [2.05, 4.69) is 4.74 Å². The van der Waals surface area contributed by atoms with Crippen molar-refractivity contribution in [1.29, 1.82) is 0 Å². The molecule has 0 heterocycles. The maximum Gasteiger partial charge on any atom is 0.411 e. The van der Waals surface area contributed by atoms with Crippen molar-refractivity contribution in [3.8, 4) is 0 Å². The van der Waals surface area contributed by atoms with Crippen molar-refractivity contribution in [1.82, 2.24) is 0 Å². The minimum Gasteiger partial charge on any atom is -0.371 e. The second kappa shape index (κ2) is 7.36. The number of halogens is 3. The summed E-state index contributed by atoms with van der Waals surface area (Å²) in [6.07, 6.45) is -4.21. The molecule has 0 fully saturated rings. The second-order valence-corrected chi connectivity index (χ2v) is 4.23. The summed E-state index contributed by atoms with van der Waals surface area (Å²) < 4.78 is 39.2. The summed E-state index contributed by atoms with van der Waals surface area (Å²) in [6.45, 7) is 1.60. The lowest BCUT2D eigenvalue weighted by atomic mass is 10.2. The fourth-order valence-electron chi connectivity index (χ4n) is 0.658. The third-order valence-corrected chi connectivity index (χ3v) is 2.70. The van der Waals surface area contributed by atoms with Crippen LogP contribution in [0.5, 0.6) is 0 Å². The second-order valence-electron chi connectivity index (χ2n) is 3.08. The van der Waals surface area contributed by atoms with Gasteiger partial charge in [0.25, 0.3) is 0 Å². The fourth-order valence-corrected chi connectivity index (χ4v) is 1.60. The molecule has 1 atom stereocenters. The molecule has 6 heteroatoms. The molecule has 0 aliphatic heterocycles. The molecule has 0 rings (SSSR count). The fraction of sp³-hybridized carbons (Fsp3) is 1.00. The molecule has 2 N–H and O–H groups in total. The van der Waals surface area contributed by atoms with E-state index in [1.165, 1.54) is 0 Å². The van der Waals surface area contributed by atoms with E-state index in [-0.39, 0.29) is 6.61 Å². The molecule has 0 spiro atoms. The summed E-state index contributed by atoms with van der Waals surface area (Å²) in [7, 11) is 0. The van der Waals surface area contributed by atoms with E-state index in [0.29, 0.717) is 18.2 Å². The molecule has 0 aromatic rings. The monoisotopic (exact) mass is 231 g/mol. The van der Waals surface area contributed by atoms with Crippen molar-refractivity contribution >= 4 is 11.8 Å². The van der Waals surface area contributed by atoms with Gasteiger partial charge in [-0.2, -0.15) is 24.9 Å². The summed E-state index contributed by atoms with van der Waals surface area (Å²) in [4.78, 5) is 0. The highest BCUT2D eigenvalue weighted by molar-refractivity contribution is 7.99. The molecule has 0 radical (unpaired) electrons. The quantitative estimate of drug-likeness (QED) is 0.680. The normalized spacial score (nSPS) is 14.4. The van der Waals surface area contributed by atoms with E-state index in [9.17, 15) is 13.2 Å². The molecule has 0 bridgehead atoms. The molecule has 86 valence electrons. The van der Waals surface area contributed by atoms with Crippen molar-refractivity contribution in [2.75, 3.05) is 31.3 Å². The molecule has 0 saturated heterocycles. The number of alkyl halides is 3. The Morgan fingerprint density at radius 1 is 1.43 bits per heavy atom. The summed E-state index contributed by atoms with van der Waals surface area (Å²) in [5, 5.41) is 0. The van der Waals surface area contributed by atoms with Gasteiger partial charge in [0.05, 0.1) is 6.61 Å². The van der Waals surface area contributed by atoms with E-state index in [1.807, 2.05) is 6.92 Å². The van der Waals surface area contributed by atoms with Gasteiger partial charge in [0.1, 0.15) is 6.61 Å². The van der Waals surface area contributed by atoms with Gasteiger partial charge in [0.15, 0.2) is 0 Å². The van der Waals surface area contributed by atoms with Crippen molar-refractivity contribution < 1.29 is 17.9 Å². The number of hydrogen-bond acceptors (Lipinski definition) is 3. The van der Waals surface area contributed by atoms with Crippen LogP contribution in [0, 0.1) is 5.92 Å². The number of nitrogens with two attached hydrogens (primary N) is 1. The smallest absolute Gasteiger partial charge is 0.371 e. The van der Waals surface area contributed by atoms with Crippen LogP contribution in [0.4, 0.5) is 13.2 Å². The minimum atomic E-state index is -4.21. The number of thioether (sulfide) groups is 1. The standard InChI is InChI=1S/C8H16F3NOS/c1-7(4-12)5-14-3-2-13-6-8(9,10)11/h7H,2-6,12H2,1H3. The van der Waals surface area contributed by atoms with Crippen LogP contribution < -0.4 is 5.73 Å². The Kier molecular flexibility index (Phi) is 7.40. The maximum absolute atomic E-state index is 11.6. The first kappa shape index (κ1) is 14.1. The third kappa shape index (κ3) is 10.1. The highest BCUT2D eigenvalue weighted by atomic mass is 32.2. The molecule has 0 amide bonds. The molecule has 0 aliphatic carbocycles. The van der Waals surface area contributed by atoms with E-state index >= 15 is 0 Å². The lowest BCUT2D eigenvalue weighted by molar-refractivity contribution is -0.172. The molecular formula is C8H16F3NOS. The topological polar surface area (TPSA) is 35.2 Å². The van der Waals surface area contributed by atoms with Gasteiger partial charge >= 0.3 is 6.18 Å². The van der Waals surface area contributed by atoms with Crippen LogP contribution in [0.2, 0.25) is 0 Å². The lowest BCUT2D eigenvalue weighted by Crippen LogP contribution is -2.18. The Hall–Kier alpha value is 0.0600. The van der Waals surface area contributed by atoms with Gasteiger partial charge < -0.3 is 10.5 Å². The summed E-state index contributed by atoms with van der Waals surface area (Å²) >= 11 is 1.56. The molecule has 0 aromatic heterocycles. The van der Waals surface area contributed by atoms with Crippen LogP contribution in [0.3, 0.4) is 0 Å². The predicted octanol–water partition coefficient (Wildman–Crippen LogP) is 1.89. The molecule has 14 heavy (non-hydrogen) atoms. The van der Waals surface area contributed by atoms with Crippen LogP contribution >= 0.6 is 11.8 Å². The number of rotatable bonds is 7. The van der Waals surface area contributed by atoms with Gasteiger partial charge in [-0.3, -0.25) is 0 Å². The minimum absolute atomic E-state index is 0.140. The van der Waals surface area contributed by atoms with Crippen LogP contribution in [0.25, 0.3) is 0 Å². The Morgan fingerprint density at radius 3 is 2.57 bits per heavy atom. The summed E-state index contributed by atoms with van der Waals surface area (Å²) in [5.74, 6) is 1.86. The largest absolute Gasteiger partial charge is 0.411 e. The van der Waals surface area contributed by atoms with Crippen LogP contribution in [0.1, 0.15) is 6.92 Å². The highest BCUT2D eigenvalue weighted by Gasteiger charge is 2.27. The molecule has 0 aliphatic rings. The summed E-state index contributed by atoms with van der Waals surface area (Å²) in [6, 6.07) is 0. The van der Waals surface area contributed by atoms with Crippen LogP contribution in [-0.2, 0) is 4.74 Å². The van der Waals surface area contributed by atoms with Gasteiger partial charge in [-0.25, -0.2) is 0 Å². The van der Waals surface area contributed by atoms with Gasteiger partial charge in [0, 0.05) is 5.75 Å². The molecule has 1 unspecified atom stereocenters. The van der Waals surface area contributed by atoms with Crippen molar-refractivity contribution in [2.45, 2.75) is 13.1 Å². The first-order valence-corrected chi connectivity index (χ1v) is 5.53. The van der Waals surface area contributed by atoms with Crippen LogP contribution in [0.15, 0.2) is 0 Å². The zero-order chi connectivity index (χ0) is 11.0. The molecule has 2 nitrogen and oxygen atoms in total. The van der Waals surface area contributed by atoms with Crippen molar-refractivity contribution in [2.24, 2.45) is 11.7 Å². The number of ether oxygens (including phenoxy) is 1. The Labute approximate surface area is 86.4 Å². The highest BCUT2D eigenvalue weighted by Crippen LogP contribution is 2.14. The first-order chi connectivity index (χ1) is 6.45. The summed E-state index contributed by atoms with van der Waals surface area (Å²) in [5.41, 5.74) is 5.38. The van der Waals surface area contributed by atoms with Gasteiger partial charge in [-0.05, 0) is 18.2 Å². The zero-order valence-electron chi connectivity index (χ0n) is 8.14. The SMILES string of the molecule is CC(CN)CSCCOCC(F)(F)F. The number of hydrogen-bond donors (Lipinski definition) is 1. The Morgan fingerprint density at radius 2 is 2.07 bits per heavy atom. The van der Waals surface area contributed by atoms with E-state index in [4.69, 9.17) is 5.73 Å². The van der Waals surface area contributed by atoms with Crippen molar-refractivity contribution in [3.63, 3.8) is 0 Å². The van der Waals surface area contributed by atoms with Gasteiger partial charge in [-0.1, -0.05) is 6.92 Å². The Bertz CT molecular complexity index is 143. The zero-order valence-corrected chi connectivity index (χ0v) is 8.96. The molecule has 0 aromatic carbocycles. The van der Waals surface area contributed by atoms with Crippen LogP contribution in [-0.4, -0.2) is 37.4 Å². The lowest BCUT2D eigenvalue weighted by Gasteiger charge is -2.09. The van der Waals surface area contributed by atoms with Crippen molar-refractivity contribution in [3.05, 3.63) is 0 Å². The van der Waals surface area contributed by atoms with E-state index in [1.54, 1.807) is 11.8 Å². The Balaban J connectivity index is 3.14. The molecule has 0 saturated carbocycles. The van der Waals surface area contributed by atoms with Gasteiger partial charge in [-0.15, -0.1) is 0 Å². The van der Waals surface area contributed by atoms with Gasteiger partial charge in [0.2, 0.25) is 0 Å². The van der Waals surface area contributed by atoms with E-state index in [0.717, 1.165) is 5.75 Å². The average Bonchev–Trinajstić information content (AvgIpc) is 2.08.